The lowest BCUT2D eigenvalue weighted by molar-refractivity contribution is 0.0838. The molecule has 0 unspecified atom stereocenters. The SMILES string of the molecule is c1cc([C@@H]2CCCNCC2)c2nc(C3CCOCC3)[nH]c2n1. The fourth-order valence-corrected chi connectivity index (χ4v) is 3.77. The van der Waals surface area contributed by atoms with Gasteiger partial charge in [0, 0.05) is 25.3 Å². The van der Waals surface area contributed by atoms with Gasteiger partial charge in [-0.15, -0.1) is 0 Å². The summed E-state index contributed by atoms with van der Waals surface area (Å²) < 4.78 is 5.46. The zero-order chi connectivity index (χ0) is 14.8. The minimum absolute atomic E-state index is 0.492. The van der Waals surface area contributed by atoms with Crippen LogP contribution in [0.3, 0.4) is 0 Å². The number of pyridine rings is 1. The number of hydrogen-bond acceptors (Lipinski definition) is 4. The van der Waals surface area contributed by atoms with E-state index in [2.05, 4.69) is 21.4 Å². The van der Waals surface area contributed by atoms with Crippen molar-refractivity contribution in [2.24, 2.45) is 0 Å². The summed E-state index contributed by atoms with van der Waals surface area (Å²) in [6.07, 6.45) is 7.73. The zero-order valence-corrected chi connectivity index (χ0v) is 13.0. The lowest BCUT2D eigenvalue weighted by atomic mass is 9.92. The van der Waals surface area contributed by atoms with E-state index in [9.17, 15) is 0 Å². The standard InChI is InChI=1S/C17H24N4O/c1-2-12(3-8-18-7-1)14-4-9-19-17-15(14)20-16(21-17)13-5-10-22-11-6-13/h4,9,12-13,18H,1-3,5-8,10-11H2,(H,19,20,21)/t12-/m1/s1. The number of rotatable bonds is 2. The fourth-order valence-electron chi connectivity index (χ4n) is 3.77. The van der Waals surface area contributed by atoms with E-state index >= 15 is 0 Å². The minimum atomic E-state index is 0.492. The Morgan fingerprint density at radius 2 is 1.95 bits per heavy atom. The minimum Gasteiger partial charge on any atom is -0.381 e. The normalized spacial score (nSPS) is 24.5. The molecule has 22 heavy (non-hydrogen) atoms. The molecule has 5 nitrogen and oxygen atoms in total. The second-order valence-corrected chi connectivity index (χ2v) is 6.48. The van der Waals surface area contributed by atoms with Crippen LogP contribution in [0.2, 0.25) is 0 Å². The van der Waals surface area contributed by atoms with E-state index in [1.165, 1.54) is 24.8 Å². The molecule has 0 bridgehead atoms. The van der Waals surface area contributed by atoms with E-state index in [1.54, 1.807) is 0 Å². The van der Waals surface area contributed by atoms with Crippen molar-refractivity contribution in [3.05, 3.63) is 23.7 Å². The summed E-state index contributed by atoms with van der Waals surface area (Å²) in [5.74, 6) is 2.20. The summed E-state index contributed by atoms with van der Waals surface area (Å²) >= 11 is 0. The second kappa shape index (κ2) is 6.34. The van der Waals surface area contributed by atoms with Crippen molar-refractivity contribution in [2.75, 3.05) is 26.3 Å². The molecular weight excluding hydrogens is 276 g/mol. The molecule has 1 atom stereocenters. The molecule has 2 aromatic rings. The van der Waals surface area contributed by atoms with Crippen LogP contribution in [0.1, 0.15) is 55.3 Å². The van der Waals surface area contributed by atoms with Crippen LogP contribution in [0.15, 0.2) is 12.3 Å². The second-order valence-electron chi connectivity index (χ2n) is 6.48. The number of imidazole rings is 1. The van der Waals surface area contributed by atoms with Gasteiger partial charge >= 0.3 is 0 Å². The van der Waals surface area contributed by atoms with Crippen molar-refractivity contribution in [3.63, 3.8) is 0 Å². The Morgan fingerprint density at radius 1 is 1.05 bits per heavy atom. The quantitative estimate of drug-likeness (QED) is 0.895. The molecule has 2 saturated heterocycles. The van der Waals surface area contributed by atoms with Gasteiger partial charge in [0.25, 0.3) is 0 Å². The van der Waals surface area contributed by atoms with Crippen LogP contribution in [0.4, 0.5) is 0 Å². The van der Waals surface area contributed by atoms with E-state index in [0.717, 1.165) is 56.1 Å². The highest BCUT2D eigenvalue weighted by Gasteiger charge is 2.23. The smallest absolute Gasteiger partial charge is 0.157 e. The Bertz CT molecular complexity index is 625. The third-order valence-corrected chi connectivity index (χ3v) is 5.06. The van der Waals surface area contributed by atoms with Crippen LogP contribution in [0, 0.1) is 0 Å². The summed E-state index contributed by atoms with van der Waals surface area (Å²) in [6.45, 7) is 3.93. The van der Waals surface area contributed by atoms with Crippen LogP contribution < -0.4 is 5.32 Å². The first kappa shape index (κ1) is 14.2. The molecule has 118 valence electrons. The molecule has 0 aliphatic carbocycles. The molecule has 0 aromatic carbocycles. The van der Waals surface area contributed by atoms with Crippen LogP contribution in [0.25, 0.3) is 11.2 Å². The first-order valence-corrected chi connectivity index (χ1v) is 8.55. The first-order chi connectivity index (χ1) is 10.9. The van der Waals surface area contributed by atoms with Gasteiger partial charge in [-0.05, 0) is 62.7 Å². The Labute approximate surface area is 130 Å². The molecule has 2 fully saturated rings. The van der Waals surface area contributed by atoms with E-state index in [4.69, 9.17) is 9.72 Å². The van der Waals surface area contributed by atoms with Gasteiger partial charge in [-0.3, -0.25) is 0 Å². The van der Waals surface area contributed by atoms with Crippen molar-refractivity contribution in [1.29, 1.82) is 0 Å². The predicted octanol–water partition coefficient (Wildman–Crippen LogP) is 2.71. The third kappa shape index (κ3) is 2.75. The van der Waals surface area contributed by atoms with Crippen LogP contribution in [0.5, 0.6) is 0 Å². The van der Waals surface area contributed by atoms with Gasteiger partial charge < -0.3 is 15.0 Å². The lowest BCUT2D eigenvalue weighted by Crippen LogP contribution is -2.15. The van der Waals surface area contributed by atoms with Gasteiger partial charge in [0.15, 0.2) is 5.65 Å². The number of hydrogen-bond donors (Lipinski definition) is 2. The van der Waals surface area contributed by atoms with Gasteiger partial charge in [0.05, 0.1) is 0 Å². The molecule has 0 radical (unpaired) electrons. The zero-order valence-electron chi connectivity index (χ0n) is 13.0. The molecule has 2 aromatic heterocycles. The summed E-state index contributed by atoms with van der Waals surface area (Å²) in [5, 5.41) is 3.49. The fraction of sp³-hybridized carbons (Fsp3) is 0.647. The van der Waals surface area contributed by atoms with Crippen molar-refractivity contribution in [1.82, 2.24) is 20.3 Å². The number of nitrogens with one attached hydrogen (secondary N) is 2. The van der Waals surface area contributed by atoms with Crippen LogP contribution >= 0.6 is 0 Å². The Morgan fingerprint density at radius 3 is 2.86 bits per heavy atom. The van der Waals surface area contributed by atoms with Crippen molar-refractivity contribution < 1.29 is 4.74 Å². The lowest BCUT2D eigenvalue weighted by Gasteiger charge is -2.19. The monoisotopic (exact) mass is 300 g/mol. The Kier molecular flexibility index (Phi) is 4.08. The van der Waals surface area contributed by atoms with Crippen LogP contribution in [-0.4, -0.2) is 41.3 Å². The van der Waals surface area contributed by atoms with Gasteiger partial charge in [0.2, 0.25) is 0 Å². The van der Waals surface area contributed by atoms with E-state index < -0.39 is 0 Å². The largest absolute Gasteiger partial charge is 0.381 e. The Hall–Kier alpha value is -1.46. The molecule has 0 saturated carbocycles. The first-order valence-electron chi connectivity index (χ1n) is 8.55. The number of aromatic amines is 1. The molecular formula is C17H24N4O. The maximum Gasteiger partial charge on any atom is 0.157 e. The third-order valence-electron chi connectivity index (χ3n) is 5.06. The molecule has 4 rings (SSSR count). The average Bonchev–Trinajstić information content (AvgIpc) is 2.83. The molecule has 0 spiro atoms. The number of nitrogens with zero attached hydrogens (tertiary/aromatic N) is 2. The highest BCUT2D eigenvalue weighted by atomic mass is 16.5. The summed E-state index contributed by atoms with van der Waals surface area (Å²) in [4.78, 5) is 12.9. The number of H-pyrrole nitrogens is 1. The number of ether oxygens (including phenoxy) is 1. The molecule has 2 aliphatic rings. The maximum atomic E-state index is 5.46. The van der Waals surface area contributed by atoms with E-state index in [-0.39, 0.29) is 0 Å². The maximum absolute atomic E-state index is 5.46. The summed E-state index contributed by atoms with van der Waals surface area (Å²) in [7, 11) is 0. The van der Waals surface area contributed by atoms with E-state index in [1.807, 2.05) is 6.20 Å². The highest BCUT2D eigenvalue weighted by Crippen LogP contribution is 2.32. The van der Waals surface area contributed by atoms with Gasteiger partial charge in [-0.25, -0.2) is 9.97 Å². The topological polar surface area (TPSA) is 62.8 Å². The van der Waals surface area contributed by atoms with E-state index in [0.29, 0.717) is 11.8 Å². The number of aromatic nitrogens is 3. The summed E-state index contributed by atoms with van der Waals surface area (Å²) in [6, 6.07) is 2.17. The molecule has 4 heterocycles. The van der Waals surface area contributed by atoms with Crippen molar-refractivity contribution in [3.8, 4) is 0 Å². The Balaban J connectivity index is 1.67. The summed E-state index contributed by atoms with van der Waals surface area (Å²) in [5.41, 5.74) is 3.43. The molecule has 2 N–H and O–H groups in total. The average molecular weight is 300 g/mol. The van der Waals surface area contributed by atoms with Crippen LogP contribution in [-0.2, 0) is 4.74 Å². The number of fused-ring (bicyclic) bond motifs is 1. The van der Waals surface area contributed by atoms with Gasteiger partial charge in [-0.2, -0.15) is 0 Å². The highest BCUT2D eigenvalue weighted by molar-refractivity contribution is 5.75. The van der Waals surface area contributed by atoms with Crippen molar-refractivity contribution in [2.45, 2.75) is 43.9 Å². The van der Waals surface area contributed by atoms with Gasteiger partial charge in [-0.1, -0.05) is 0 Å². The molecule has 2 aliphatic heterocycles. The van der Waals surface area contributed by atoms with Crippen molar-refractivity contribution >= 4 is 11.2 Å². The molecule has 0 amide bonds. The van der Waals surface area contributed by atoms with Gasteiger partial charge in [0.1, 0.15) is 11.3 Å². The predicted molar refractivity (Wildman–Crippen MR) is 86.1 cm³/mol. The molecule has 5 heteroatoms.